The molecule has 0 aliphatic heterocycles. The van der Waals surface area contributed by atoms with Crippen molar-refractivity contribution in [3.8, 4) is 5.75 Å². The lowest BCUT2D eigenvalue weighted by molar-refractivity contribution is 0.0698. The molecule has 0 amide bonds. The first kappa shape index (κ1) is 16.9. The van der Waals surface area contributed by atoms with E-state index in [2.05, 4.69) is 25.2 Å². The summed E-state index contributed by atoms with van der Waals surface area (Å²) in [6.45, 7) is 7.27. The van der Waals surface area contributed by atoms with Gasteiger partial charge in [-0.2, -0.15) is 0 Å². The van der Waals surface area contributed by atoms with Crippen molar-refractivity contribution in [1.29, 1.82) is 0 Å². The average Bonchev–Trinajstić information content (AvgIpc) is 2.52. The standard InChI is InChI=1S/C19H23NO3/c1-13-7-5-10-17(15(13)3)23-12-6-11-20-18-14(2)8-4-9-16(18)19(21)22/h4-5,7-10,20H,6,11-12H2,1-3H3,(H,21,22). The third-order valence-corrected chi connectivity index (χ3v) is 3.94. The number of anilines is 1. The molecule has 0 saturated carbocycles. The monoisotopic (exact) mass is 313 g/mol. The molecule has 0 aromatic heterocycles. The molecule has 0 aliphatic rings. The molecular formula is C19H23NO3. The van der Waals surface area contributed by atoms with Crippen molar-refractivity contribution in [3.63, 3.8) is 0 Å². The Labute approximate surface area is 137 Å². The van der Waals surface area contributed by atoms with Gasteiger partial charge in [-0.05, 0) is 56.0 Å². The van der Waals surface area contributed by atoms with Crippen molar-refractivity contribution in [3.05, 3.63) is 58.7 Å². The van der Waals surface area contributed by atoms with Gasteiger partial charge in [-0.1, -0.05) is 24.3 Å². The minimum atomic E-state index is -0.914. The van der Waals surface area contributed by atoms with E-state index in [4.69, 9.17) is 4.74 Å². The molecule has 0 spiro atoms. The van der Waals surface area contributed by atoms with Crippen LogP contribution in [0.4, 0.5) is 5.69 Å². The summed E-state index contributed by atoms with van der Waals surface area (Å²) in [5.74, 6) is -0.00467. The van der Waals surface area contributed by atoms with E-state index in [1.807, 2.05) is 25.1 Å². The molecule has 2 N–H and O–H groups in total. The summed E-state index contributed by atoms with van der Waals surface area (Å²) in [5.41, 5.74) is 4.30. The topological polar surface area (TPSA) is 58.6 Å². The molecule has 0 radical (unpaired) electrons. The number of ether oxygens (including phenoxy) is 1. The van der Waals surface area contributed by atoms with Crippen molar-refractivity contribution in [2.75, 3.05) is 18.5 Å². The molecule has 0 bridgehead atoms. The second-order valence-corrected chi connectivity index (χ2v) is 5.63. The minimum Gasteiger partial charge on any atom is -0.493 e. The SMILES string of the molecule is Cc1cccc(OCCCNc2c(C)cccc2C(=O)O)c1C. The van der Waals surface area contributed by atoms with Gasteiger partial charge in [0.15, 0.2) is 0 Å². The highest BCUT2D eigenvalue weighted by Crippen LogP contribution is 2.22. The Morgan fingerprint density at radius 1 is 1.09 bits per heavy atom. The van der Waals surface area contributed by atoms with Crippen LogP contribution >= 0.6 is 0 Å². The maximum absolute atomic E-state index is 11.3. The Balaban J connectivity index is 1.87. The second-order valence-electron chi connectivity index (χ2n) is 5.63. The molecular weight excluding hydrogens is 290 g/mol. The maximum Gasteiger partial charge on any atom is 0.337 e. The predicted octanol–water partition coefficient (Wildman–Crippen LogP) is 4.19. The lowest BCUT2D eigenvalue weighted by Gasteiger charge is -2.14. The molecule has 0 aliphatic carbocycles. The van der Waals surface area contributed by atoms with Crippen molar-refractivity contribution >= 4 is 11.7 Å². The van der Waals surface area contributed by atoms with Crippen LogP contribution in [0.15, 0.2) is 36.4 Å². The number of aromatic carboxylic acids is 1. The Kier molecular flexibility index (Phi) is 5.63. The quantitative estimate of drug-likeness (QED) is 0.752. The van der Waals surface area contributed by atoms with Crippen LogP contribution in [-0.4, -0.2) is 24.2 Å². The summed E-state index contributed by atoms with van der Waals surface area (Å²) in [5, 5.41) is 12.4. The smallest absolute Gasteiger partial charge is 0.337 e. The largest absolute Gasteiger partial charge is 0.493 e. The van der Waals surface area contributed by atoms with Crippen LogP contribution in [0, 0.1) is 20.8 Å². The summed E-state index contributed by atoms with van der Waals surface area (Å²) in [6.07, 6.45) is 0.792. The molecule has 2 aromatic rings. The molecule has 23 heavy (non-hydrogen) atoms. The molecule has 2 aromatic carbocycles. The molecule has 0 atom stereocenters. The fraction of sp³-hybridized carbons (Fsp3) is 0.316. The van der Waals surface area contributed by atoms with Gasteiger partial charge < -0.3 is 15.2 Å². The number of hydrogen-bond acceptors (Lipinski definition) is 3. The molecule has 0 unspecified atom stereocenters. The molecule has 4 heteroatoms. The Hall–Kier alpha value is -2.49. The van der Waals surface area contributed by atoms with Crippen molar-refractivity contribution in [1.82, 2.24) is 0 Å². The molecule has 0 heterocycles. The van der Waals surface area contributed by atoms with Gasteiger partial charge in [-0.25, -0.2) is 4.79 Å². The van der Waals surface area contributed by atoms with Crippen molar-refractivity contribution < 1.29 is 14.6 Å². The Bertz CT molecular complexity index is 695. The van der Waals surface area contributed by atoms with Gasteiger partial charge in [0.25, 0.3) is 0 Å². The lowest BCUT2D eigenvalue weighted by atomic mass is 10.1. The van der Waals surface area contributed by atoms with E-state index in [9.17, 15) is 9.90 Å². The fourth-order valence-electron chi connectivity index (χ4n) is 2.43. The molecule has 2 rings (SSSR count). The first-order valence-corrected chi connectivity index (χ1v) is 7.76. The Morgan fingerprint density at radius 2 is 1.78 bits per heavy atom. The summed E-state index contributed by atoms with van der Waals surface area (Å²) in [7, 11) is 0. The minimum absolute atomic E-state index is 0.306. The van der Waals surface area contributed by atoms with Gasteiger partial charge in [-0.15, -0.1) is 0 Å². The first-order chi connectivity index (χ1) is 11.0. The van der Waals surface area contributed by atoms with Gasteiger partial charge in [0, 0.05) is 6.54 Å². The highest BCUT2D eigenvalue weighted by Gasteiger charge is 2.11. The van der Waals surface area contributed by atoms with Crippen molar-refractivity contribution in [2.24, 2.45) is 0 Å². The third kappa shape index (κ3) is 4.25. The van der Waals surface area contributed by atoms with Crippen LogP contribution in [0.2, 0.25) is 0 Å². The van der Waals surface area contributed by atoms with E-state index >= 15 is 0 Å². The summed E-state index contributed by atoms with van der Waals surface area (Å²) < 4.78 is 5.81. The maximum atomic E-state index is 11.3. The molecule has 0 fully saturated rings. The first-order valence-electron chi connectivity index (χ1n) is 7.76. The van der Waals surface area contributed by atoms with E-state index in [1.165, 1.54) is 5.56 Å². The normalized spacial score (nSPS) is 10.4. The molecule has 122 valence electrons. The zero-order valence-electron chi connectivity index (χ0n) is 13.8. The number of carboxylic acid groups (broad SMARTS) is 1. The number of carbonyl (C=O) groups is 1. The van der Waals surface area contributed by atoms with Crippen LogP contribution in [0.3, 0.4) is 0 Å². The number of para-hydroxylation sites is 1. The van der Waals surface area contributed by atoms with Crippen molar-refractivity contribution in [2.45, 2.75) is 27.2 Å². The van der Waals surface area contributed by atoms with Crippen LogP contribution in [0.5, 0.6) is 5.75 Å². The van der Waals surface area contributed by atoms with Crippen LogP contribution in [0.25, 0.3) is 0 Å². The summed E-state index contributed by atoms with van der Waals surface area (Å²) in [4.78, 5) is 11.3. The van der Waals surface area contributed by atoms with Gasteiger partial charge in [0.05, 0.1) is 17.9 Å². The zero-order chi connectivity index (χ0) is 16.8. The van der Waals surface area contributed by atoms with E-state index in [0.29, 0.717) is 24.4 Å². The highest BCUT2D eigenvalue weighted by atomic mass is 16.5. The third-order valence-electron chi connectivity index (χ3n) is 3.94. The average molecular weight is 313 g/mol. The van der Waals surface area contributed by atoms with Gasteiger partial charge >= 0.3 is 5.97 Å². The Morgan fingerprint density at radius 3 is 2.52 bits per heavy atom. The van der Waals surface area contributed by atoms with Gasteiger partial charge in [0.1, 0.15) is 5.75 Å². The van der Waals surface area contributed by atoms with E-state index in [0.717, 1.165) is 23.3 Å². The number of carboxylic acids is 1. The fourth-order valence-corrected chi connectivity index (χ4v) is 2.43. The van der Waals surface area contributed by atoms with Gasteiger partial charge in [-0.3, -0.25) is 0 Å². The van der Waals surface area contributed by atoms with Gasteiger partial charge in [0.2, 0.25) is 0 Å². The predicted molar refractivity (Wildman–Crippen MR) is 92.7 cm³/mol. The van der Waals surface area contributed by atoms with Crippen LogP contribution < -0.4 is 10.1 Å². The van der Waals surface area contributed by atoms with Crippen LogP contribution in [0.1, 0.15) is 33.5 Å². The summed E-state index contributed by atoms with van der Waals surface area (Å²) in [6, 6.07) is 11.3. The second kappa shape index (κ2) is 7.68. The number of benzene rings is 2. The summed E-state index contributed by atoms with van der Waals surface area (Å²) >= 11 is 0. The molecule has 0 saturated heterocycles. The number of rotatable bonds is 7. The highest BCUT2D eigenvalue weighted by molar-refractivity contribution is 5.95. The number of nitrogens with one attached hydrogen (secondary N) is 1. The number of aryl methyl sites for hydroxylation is 2. The molecule has 4 nitrogen and oxygen atoms in total. The van der Waals surface area contributed by atoms with E-state index in [1.54, 1.807) is 12.1 Å². The lowest BCUT2D eigenvalue weighted by Crippen LogP contribution is -2.12. The van der Waals surface area contributed by atoms with E-state index < -0.39 is 5.97 Å². The number of hydrogen-bond donors (Lipinski definition) is 2. The van der Waals surface area contributed by atoms with Crippen LogP contribution in [-0.2, 0) is 0 Å². The zero-order valence-corrected chi connectivity index (χ0v) is 13.8. The van der Waals surface area contributed by atoms with E-state index in [-0.39, 0.29) is 0 Å².